The van der Waals surface area contributed by atoms with Crippen molar-refractivity contribution >= 4 is 38.5 Å². The molecular formula is C23H21FN4OS. The van der Waals surface area contributed by atoms with Gasteiger partial charge in [-0.3, -0.25) is 0 Å². The number of nitrogens with one attached hydrogen (secondary N) is 1. The van der Waals surface area contributed by atoms with Gasteiger partial charge in [-0.1, -0.05) is 42.5 Å². The smallest absolute Gasteiger partial charge is 0.149 e. The first kappa shape index (κ1) is 19.1. The van der Waals surface area contributed by atoms with E-state index in [2.05, 4.69) is 14.6 Å². The first-order chi connectivity index (χ1) is 14.7. The molecular weight excluding hydrogens is 399 g/mol. The van der Waals surface area contributed by atoms with Gasteiger partial charge in [0.2, 0.25) is 0 Å². The highest BCUT2D eigenvalue weighted by molar-refractivity contribution is 7.83. The Kier molecular flexibility index (Phi) is 5.14. The van der Waals surface area contributed by atoms with Crippen LogP contribution in [0.2, 0.25) is 0 Å². The van der Waals surface area contributed by atoms with Crippen molar-refractivity contribution in [2.24, 2.45) is 0 Å². The van der Waals surface area contributed by atoms with Gasteiger partial charge in [-0.05, 0) is 41.8 Å². The molecule has 1 unspecified atom stereocenters. The van der Waals surface area contributed by atoms with Gasteiger partial charge in [0.05, 0.1) is 11.4 Å². The second-order valence-corrected chi connectivity index (χ2v) is 8.63. The third-order valence-corrected chi connectivity index (χ3v) is 6.58. The minimum atomic E-state index is -1.44. The van der Waals surface area contributed by atoms with E-state index in [9.17, 15) is 8.60 Å². The molecule has 0 amide bonds. The first-order valence-corrected chi connectivity index (χ1v) is 11.2. The maximum Gasteiger partial charge on any atom is 0.149 e. The predicted octanol–water partition coefficient (Wildman–Crippen LogP) is 4.33. The van der Waals surface area contributed by atoms with Crippen LogP contribution in [-0.2, 0) is 17.5 Å². The number of nitrogens with zero attached hydrogens (tertiary/aromatic N) is 3. The lowest BCUT2D eigenvalue weighted by molar-refractivity contribution is 0.635. The Morgan fingerprint density at radius 2 is 1.67 bits per heavy atom. The van der Waals surface area contributed by atoms with E-state index < -0.39 is 11.0 Å². The highest BCUT2D eigenvalue weighted by Gasteiger charge is 2.20. The zero-order chi connectivity index (χ0) is 20.5. The van der Waals surface area contributed by atoms with E-state index in [0.717, 1.165) is 47.9 Å². The molecule has 4 aromatic rings. The van der Waals surface area contributed by atoms with Gasteiger partial charge < -0.3 is 4.90 Å². The first-order valence-electron chi connectivity index (χ1n) is 10.0. The fourth-order valence-electron chi connectivity index (χ4n) is 3.96. The monoisotopic (exact) mass is 420 g/mol. The molecule has 0 spiro atoms. The highest BCUT2D eigenvalue weighted by atomic mass is 32.2. The van der Waals surface area contributed by atoms with Crippen LogP contribution in [0.5, 0.6) is 0 Å². The fraction of sp³-hybridized carbons (Fsp3) is 0.217. The van der Waals surface area contributed by atoms with Gasteiger partial charge in [0.15, 0.2) is 0 Å². The van der Waals surface area contributed by atoms with Crippen LogP contribution in [0.4, 0.5) is 10.2 Å². The molecule has 30 heavy (non-hydrogen) atoms. The normalized spacial score (nSPS) is 15.2. The number of benzene rings is 3. The topological polar surface area (TPSA) is 58.1 Å². The zero-order valence-electron chi connectivity index (χ0n) is 16.3. The van der Waals surface area contributed by atoms with E-state index in [0.29, 0.717) is 16.2 Å². The summed E-state index contributed by atoms with van der Waals surface area (Å²) in [6.45, 7) is 1.98. The van der Waals surface area contributed by atoms with Gasteiger partial charge in [-0.25, -0.2) is 23.3 Å². The van der Waals surface area contributed by atoms with Gasteiger partial charge in [0.1, 0.15) is 34.0 Å². The van der Waals surface area contributed by atoms with Crippen molar-refractivity contribution in [2.45, 2.75) is 24.3 Å². The summed E-state index contributed by atoms with van der Waals surface area (Å²) in [5, 5.41) is 2.69. The van der Waals surface area contributed by atoms with Crippen LogP contribution in [-0.4, -0.2) is 27.3 Å². The van der Waals surface area contributed by atoms with Crippen molar-refractivity contribution in [1.29, 1.82) is 0 Å². The van der Waals surface area contributed by atoms with Gasteiger partial charge in [-0.2, -0.15) is 0 Å². The number of anilines is 1. The number of hydrogen-bond donors (Lipinski definition) is 1. The summed E-state index contributed by atoms with van der Waals surface area (Å²) >= 11 is 0. The van der Waals surface area contributed by atoms with Crippen LogP contribution in [0.25, 0.3) is 21.7 Å². The average molecular weight is 421 g/mol. The van der Waals surface area contributed by atoms with E-state index in [1.54, 1.807) is 6.07 Å². The highest BCUT2D eigenvalue weighted by Crippen LogP contribution is 2.28. The van der Waals surface area contributed by atoms with Crippen LogP contribution < -0.4 is 9.62 Å². The van der Waals surface area contributed by atoms with Crippen molar-refractivity contribution in [1.82, 2.24) is 14.7 Å². The molecule has 2 heterocycles. The van der Waals surface area contributed by atoms with Crippen molar-refractivity contribution in [3.8, 4) is 0 Å². The van der Waals surface area contributed by atoms with Crippen LogP contribution in [0.1, 0.15) is 18.7 Å². The molecule has 1 aliphatic heterocycles. The molecule has 1 fully saturated rings. The Hall–Kier alpha value is -2.90. The van der Waals surface area contributed by atoms with Crippen molar-refractivity contribution in [2.75, 3.05) is 18.0 Å². The van der Waals surface area contributed by atoms with Crippen LogP contribution in [0.15, 0.2) is 65.6 Å². The third kappa shape index (κ3) is 3.55. The summed E-state index contributed by atoms with van der Waals surface area (Å²) in [5.41, 5.74) is 0.308. The molecule has 5 rings (SSSR count). The average Bonchev–Trinajstić information content (AvgIpc) is 3.32. The van der Waals surface area contributed by atoms with E-state index in [-0.39, 0.29) is 12.4 Å². The van der Waals surface area contributed by atoms with Gasteiger partial charge in [0, 0.05) is 18.5 Å². The summed E-state index contributed by atoms with van der Waals surface area (Å²) in [6.07, 6.45) is 2.19. The van der Waals surface area contributed by atoms with E-state index in [1.807, 2.05) is 48.5 Å². The molecule has 5 nitrogen and oxygen atoms in total. The van der Waals surface area contributed by atoms with Gasteiger partial charge >= 0.3 is 0 Å². The molecule has 7 heteroatoms. The summed E-state index contributed by atoms with van der Waals surface area (Å²) in [5.74, 6) is 0.819. The lowest BCUT2D eigenvalue weighted by Crippen LogP contribution is -2.23. The Labute approximate surface area is 176 Å². The summed E-state index contributed by atoms with van der Waals surface area (Å²) in [4.78, 5) is 12.0. The Balaban J connectivity index is 1.46. The molecule has 1 saturated heterocycles. The van der Waals surface area contributed by atoms with Crippen LogP contribution in [0.3, 0.4) is 0 Å². The second kappa shape index (κ2) is 8.08. The van der Waals surface area contributed by atoms with Crippen LogP contribution >= 0.6 is 0 Å². The quantitative estimate of drug-likeness (QED) is 0.522. The zero-order valence-corrected chi connectivity index (χ0v) is 17.2. The van der Waals surface area contributed by atoms with Crippen molar-refractivity contribution in [3.63, 3.8) is 0 Å². The summed E-state index contributed by atoms with van der Waals surface area (Å²) in [6, 6.07) is 18.5. The predicted molar refractivity (Wildman–Crippen MR) is 118 cm³/mol. The molecule has 1 aromatic heterocycles. The molecule has 0 radical (unpaired) electrons. The number of fused-ring (bicyclic) bond motifs is 2. The SMILES string of the molecule is O=S(NCc1nc(N2CCCC2)c2cccc(F)c2n1)c1cccc2ccccc12. The molecule has 3 aromatic carbocycles. The standard InChI is InChI=1S/C23H21FN4OS/c24-19-11-6-10-18-22(19)26-21(27-23(18)28-13-3-4-14-28)15-25-30(29)20-12-5-8-16-7-1-2-9-17(16)20/h1-2,5-12,25H,3-4,13-15H2. The minimum Gasteiger partial charge on any atom is -0.356 e. The van der Waals surface area contributed by atoms with Gasteiger partial charge in [-0.15, -0.1) is 0 Å². The lowest BCUT2D eigenvalue weighted by atomic mass is 10.1. The molecule has 0 aliphatic carbocycles. The Morgan fingerprint density at radius 3 is 2.53 bits per heavy atom. The number of para-hydroxylation sites is 1. The minimum absolute atomic E-state index is 0.181. The number of halogens is 1. The summed E-state index contributed by atoms with van der Waals surface area (Å²) in [7, 11) is -1.44. The molecule has 1 N–H and O–H groups in total. The molecule has 0 bridgehead atoms. The van der Waals surface area contributed by atoms with Gasteiger partial charge in [0.25, 0.3) is 0 Å². The van der Waals surface area contributed by atoms with Crippen molar-refractivity contribution in [3.05, 3.63) is 72.3 Å². The van der Waals surface area contributed by atoms with Crippen LogP contribution in [0, 0.1) is 5.82 Å². The van der Waals surface area contributed by atoms with Crippen molar-refractivity contribution < 1.29 is 8.60 Å². The maximum atomic E-state index is 14.5. The lowest BCUT2D eigenvalue weighted by Gasteiger charge is -2.19. The second-order valence-electron chi connectivity index (χ2n) is 7.36. The summed E-state index contributed by atoms with van der Waals surface area (Å²) < 4.78 is 30.5. The largest absolute Gasteiger partial charge is 0.356 e. The van der Waals surface area contributed by atoms with E-state index in [4.69, 9.17) is 4.98 Å². The number of aromatic nitrogens is 2. The maximum absolute atomic E-state index is 14.5. The molecule has 152 valence electrons. The molecule has 0 saturated carbocycles. The number of rotatable bonds is 5. The van der Waals surface area contributed by atoms with E-state index in [1.165, 1.54) is 6.07 Å². The Morgan fingerprint density at radius 1 is 0.933 bits per heavy atom. The fourth-order valence-corrected chi connectivity index (χ4v) is 4.96. The Bertz CT molecular complexity index is 1250. The molecule has 1 atom stereocenters. The third-order valence-electron chi connectivity index (χ3n) is 5.42. The van der Waals surface area contributed by atoms with E-state index >= 15 is 0 Å². The molecule has 1 aliphatic rings. The number of hydrogen-bond acceptors (Lipinski definition) is 4.